The van der Waals surface area contributed by atoms with Crippen LogP contribution in [0, 0.1) is 0 Å². The van der Waals surface area contributed by atoms with Gasteiger partial charge < -0.3 is 14.2 Å². The van der Waals surface area contributed by atoms with Crippen molar-refractivity contribution >= 4 is 5.91 Å². The molecule has 2 aliphatic rings. The van der Waals surface area contributed by atoms with Crippen LogP contribution < -0.4 is 0 Å². The summed E-state index contributed by atoms with van der Waals surface area (Å²) < 4.78 is 7.73. The molecule has 6 heteroatoms. The number of carbonyl (C=O) groups excluding carboxylic acids is 1. The van der Waals surface area contributed by atoms with E-state index in [2.05, 4.69) is 40.0 Å². The number of hydrogen-bond donors (Lipinski definition) is 1. The standard InChI is InChI=1S/C16H20N4O2/c1-2-13-14-4-3-6-19(14)7-8-20(13)16(21)15-11-10-22-9-5-12(11)17-18-15/h3-4,6,13H,2,5,7-10H2,1H3,(H,17,18)/t13-/m0/s1. The van der Waals surface area contributed by atoms with Crippen LogP contribution in [0.5, 0.6) is 0 Å². The normalized spacial score (nSPS) is 20.6. The third-order valence-corrected chi connectivity index (χ3v) is 4.71. The number of H-pyrrole nitrogens is 1. The zero-order valence-corrected chi connectivity index (χ0v) is 12.7. The van der Waals surface area contributed by atoms with E-state index in [0.717, 1.165) is 37.2 Å². The highest BCUT2D eigenvalue weighted by atomic mass is 16.5. The van der Waals surface area contributed by atoms with E-state index in [1.165, 1.54) is 5.69 Å². The second kappa shape index (κ2) is 5.28. The molecule has 0 aromatic carbocycles. The largest absolute Gasteiger partial charge is 0.376 e. The summed E-state index contributed by atoms with van der Waals surface area (Å²) in [6.07, 6.45) is 3.79. The number of amides is 1. The van der Waals surface area contributed by atoms with Gasteiger partial charge in [0.25, 0.3) is 5.91 Å². The van der Waals surface area contributed by atoms with Crippen LogP contribution in [0.3, 0.4) is 0 Å². The van der Waals surface area contributed by atoms with Gasteiger partial charge in [0.1, 0.15) is 0 Å². The van der Waals surface area contributed by atoms with E-state index in [-0.39, 0.29) is 11.9 Å². The van der Waals surface area contributed by atoms with Gasteiger partial charge >= 0.3 is 0 Å². The van der Waals surface area contributed by atoms with Gasteiger partial charge in [-0.25, -0.2) is 0 Å². The summed E-state index contributed by atoms with van der Waals surface area (Å²) >= 11 is 0. The fourth-order valence-electron chi connectivity index (χ4n) is 3.56. The lowest BCUT2D eigenvalue weighted by molar-refractivity contribution is 0.0601. The Labute approximate surface area is 129 Å². The van der Waals surface area contributed by atoms with Gasteiger partial charge in [0.2, 0.25) is 0 Å². The number of carbonyl (C=O) groups is 1. The first-order valence-corrected chi connectivity index (χ1v) is 7.89. The molecule has 2 aliphatic heterocycles. The lowest BCUT2D eigenvalue weighted by atomic mass is 10.0. The number of nitrogens with one attached hydrogen (secondary N) is 1. The Morgan fingerprint density at radius 2 is 2.41 bits per heavy atom. The SMILES string of the molecule is CC[C@H]1c2cccn2CCN1C(=O)c1n[nH]c2c1COCC2. The molecule has 1 N–H and O–H groups in total. The Kier molecular flexibility index (Phi) is 3.26. The summed E-state index contributed by atoms with van der Waals surface area (Å²) in [5.74, 6) is 0.0160. The average Bonchev–Trinajstić information content (AvgIpc) is 3.19. The highest BCUT2D eigenvalue weighted by molar-refractivity contribution is 5.94. The first kappa shape index (κ1) is 13.6. The average molecular weight is 300 g/mol. The lowest BCUT2D eigenvalue weighted by Crippen LogP contribution is -2.42. The molecule has 1 atom stereocenters. The molecule has 22 heavy (non-hydrogen) atoms. The zero-order valence-electron chi connectivity index (χ0n) is 12.7. The van der Waals surface area contributed by atoms with Gasteiger partial charge in [0.15, 0.2) is 5.69 Å². The van der Waals surface area contributed by atoms with Crippen molar-refractivity contribution in [3.8, 4) is 0 Å². The molecule has 0 radical (unpaired) electrons. The molecule has 4 rings (SSSR count). The van der Waals surface area contributed by atoms with Crippen molar-refractivity contribution in [2.24, 2.45) is 0 Å². The quantitative estimate of drug-likeness (QED) is 0.921. The van der Waals surface area contributed by atoms with Crippen molar-refractivity contribution in [2.75, 3.05) is 13.2 Å². The molecule has 4 heterocycles. The first-order chi connectivity index (χ1) is 10.8. The summed E-state index contributed by atoms with van der Waals surface area (Å²) in [6, 6.07) is 4.28. The van der Waals surface area contributed by atoms with Gasteiger partial charge in [-0.3, -0.25) is 9.89 Å². The minimum absolute atomic E-state index is 0.0160. The van der Waals surface area contributed by atoms with E-state index >= 15 is 0 Å². The van der Waals surface area contributed by atoms with Crippen molar-refractivity contribution in [3.05, 3.63) is 41.0 Å². The molecule has 2 aromatic rings. The second-order valence-electron chi connectivity index (χ2n) is 5.88. The van der Waals surface area contributed by atoms with E-state index < -0.39 is 0 Å². The van der Waals surface area contributed by atoms with Crippen LogP contribution in [-0.4, -0.2) is 38.7 Å². The fourth-order valence-corrected chi connectivity index (χ4v) is 3.56. The molecule has 0 bridgehead atoms. The van der Waals surface area contributed by atoms with Crippen LogP contribution in [0.1, 0.15) is 46.8 Å². The van der Waals surface area contributed by atoms with E-state index in [4.69, 9.17) is 4.74 Å². The van der Waals surface area contributed by atoms with Crippen LogP contribution in [0.4, 0.5) is 0 Å². The predicted molar refractivity (Wildman–Crippen MR) is 80.4 cm³/mol. The van der Waals surface area contributed by atoms with Gasteiger partial charge in [-0.05, 0) is 18.6 Å². The number of hydrogen-bond acceptors (Lipinski definition) is 3. The van der Waals surface area contributed by atoms with E-state index in [9.17, 15) is 4.79 Å². The third kappa shape index (κ3) is 1.98. The predicted octanol–water partition coefficient (Wildman–Crippen LogP) is 1.89. The molecule has 0 saturated heterocycles. The number of rotatable bonds is 2. The molecule has 0 fully saturated rings. The maximum atomic E-state index is 13.0. The maximum Gasteiger partial charge on any atom is 0.275 e. The van der Waals surface area contributed by atoms with Gasteiger partial charge in [0, 0.05) is 42.7 Å². The molecular formula is C16H20N4O2. The van der Waals surface area contributed by atoms with E-state index in [1.807, 2.05) is 4.90 Å². The van der Waals surface area contributed by atoms with Crippen molar-refractivity contribution in [2.45, 2.75) is 39.0 Å². The topological polar surface area (TPSA) is 63.2 Å². The Morgan fingerprint density at radius 1 is 1.50 bits per heavy atom. The van der Waals surface area contributed by atoms with Gasteiger partial charge in [-0.15, -0.1) is 0 Å². The number of aromatic nitrogens is 3. The van der Waals surface area contributed by atoms with Crippen LogP contribution >= 0.6 is 0 Å². The van der Waals surface area contributed by atoms with Gasteiger partial charge in [0.05, 0.1) is 19.3 Å². The number of ether oxygens (including phenoxy) is 1. The van der Waals surface area contributed by atoms with Gasteiger partial charge in [-0.1, -0.05) is 6.92 Å². The Bertz CT molecular complexity index is 703. The molecule has 6 nitrogen and oxygen atoms in total. The summed E-state index contributed by atoms with van der Waals surface area (Å²) in [7, 11) is 0. The molecule has 1 amide bonds. The molecule has 2 aromatic heterocycles. The maximum absolute atomic E-state index is 13.0. The highest BCUT2D eigenvalue weighted by Crippen LogP contribution is 2.31. The Hall–Kier alpha value is -2.08. The Morgan fingerprint density at radius 3 is 3.27 bits per heavy atom. The molecule has 0 unspecified atom stereocenters. The summed E-state index contributed by atoms with van der Waals surface area (Å²) in [5, 5.41) is 7.29. The minimum Gasteiger partial charge on any atom is -0.376 e. The summed E-state index contributed by atoms with van der Waals surface area (Å²) in [5.41, 5.74) is 3.73. The number of fused-ring (bicyclic) bond motifs is 2. The summed E-state index contributed by atoms with van der Waals surface area (Å²) in [4.78, 5) is 15.0. The highest BCUT2D eigenvalue weighted by Gasteiger charge is 2.33. The van der Waals surface area contributed by atoms with E-state index in [1.54, 1.807) is 0 Å². The first-order valence-electron chi connectivity index (χ1n) is 7.89. The molecule has 0 spiro atoms. The second-order valence-corrected chi connectivity index (χ2v) is 5.88. The monoisotopic (exact) mass is 300 g/mol. The van der Waals surface area contributed by atoms with Crippen molar-refractivity contribution in [3.63, 3.8) is 0 Å². The minimum atomic E-state index is 0.0160. The van der Waals surface area contributed by atoms with E-state index in [0.29, 0.717) is 18.9 Å². The molecule has 0 aliphatic carbocycles. The Balaban J connectivity index is 1.67. The summed E-state index contributed by atoms with van der Waals surface area (Å²) in [6.45, 7) is 4.86. The third-order valence-electron chi connectivity index (χ3n) is 4.71. The van der Waals surface area contributed by atoms with Crippen LogP contribution in [0.25, 0.3) is 0 Å². The van der Waals surface area contributed by atoms with Crippen LogP contribution in [0.2, 0.25) is 0 Å². The van der Waals surface area contributed by atoms with Crippen molar-refractivity contribution in [1.29, 1.82) is 0 Å². The molecular weight excluding hydrogens is 280 g/mol. The van der Waals surface area contributed by atoms with Crippen LogP contribution in [0.15, 0.2) is 18.3 Å². The van der Waals surface area contributed by atoms with Gasteiger partial charge in [-0.2, -0.15) is 5.10 Å². The molecule has 0 saturated carbocycles. The zero-order chi connectivity index (χ0) is 15.1. The molecule has 116 valence electrons. The smallest absolute Gasteiger partial charge is 0.275 e. The van der Waals surface area contributed by atoms with Crippen LogP contribution in [-0.2, 0) is 24.3 Å². The lowest BCUT2D eigenvalue weighted by Gasteiger charge is -2.36. The number of nitrogens with zero attached hydrogens (tertiary/aromatic N) is 3. The van der Waals surface area contributed by atoms with Crippen molar-refractivity contribution < 1.29 is 9.53 Å². The fraction of sp³-hybridized carbons (Fsp3) is 0.500. The number of aromatic amines is 1. The van der Waals surface area contributed by atoms with Crippen molar-refractivity contribution in [1.82, 2.24) is 19.7 Å².